The summed E-state index contributed by atoms with van der Waals surface area (Å²) in [5, 5.41) is 2.83. The summed E-state index contributed by atoms with van der Waals surface area (Å²) in [4.78, 5) is 10.2. The second kappa shape index (κ2) is 7.14. The van der Waals surface area contributed by atoms with Crippen molar-refractivity contribution in [1.82, 2.24) is 5.32 Å². The van der Waals surface area contributed by atoms with E-state index in [4.69, 9.17) is 0 Å². The smallest absolute Gasteiger partial charge is 0.207 e. The zero-order valence-electron chi connectivity index (χ0n) is 8.47. The molecule has 0 saturated heterocycles. The quantitative estimate of drug-likeness (QED) is 0.585. The highest BCUT2D eigenvalue weighted by molar-refractivity contribution is 5.46. The van der Waals surface area contributed by atoms with Gasteiger partial charge in [-0.05, 0) is 25.7 Å². The van der Waals surface area contributed by atoms with Crippen LogP contribution in [0.5, 0.6) is 0 Å². The number of hydrogen-bond acceptors (Lipinski definition) is 1. The Kier molecular flexibility index (Phi) is 6.82. The normalized spacial score (nSPS) is 13.0. The molecule has 0 radical (unpaired) electrons. The van der Waals surface area contributed by atoms with Crippen molar-refractivity contribution in [3.05, 3.63) is 0 Å². The molecule has 2 nitrogen and oxygen atoms in total. The third-order valence-corrected chi connectivity index (χ3v) is 2.36. The van der Waals surface area contributed by atoms with E-state index < -0.39 is 0 Å². The van der Waals surface area contributed by atoms with E-state index in [9.17, 15) is 4.79 Å². The molecular weight excluding hydrogens is 150 g/mol. The number of nitrogens with one attached hydrogen (secondary N) is 1. The molecule has 0 bridgehead atoms. The van der Waals surface area contributed by atoms with E-state index in [1.807, 2.05) is 0 Å². The van der Waals surface area contributed by atoms with Crippen molar-refractivity contribution in [1.29, 1.82) is 0 Å². The van der Waals surface area contributed by atoms with Crippen LogP contribution in [0.25, 0.3) is 0 Å². The molecule has 12 heavy (non-hydrogen) atoms. The molecule has 0 aliphatic carbocycles. The lowest BCUT2D eigenvalue weighted by atomic mass is 9.92. The molecule has 0 spiro atoms. The standard InChI is InChI=1S/C10H21NO/c1-4-6-10(7-5-2)9(3)11-8-12/h8-10H,4-7H2,1-3H3,(H,11,12). The molecule has 2 heteroatoms. The molecule has 1 unspecified atom stereocenters. The molecule has 0 rings (SSSR count). The molecule has 1 N–H and O–H groups in total. The Bertz CT molecular complexity index is 108. The number of amides is 1. The molecule has 72 valence electrons. The van der Waals surface area contributed by atoms with Gasteiger partial charge in [-0.25, -0.2) is 0 Å². The highest BCUT2D eigenvalue weighted by Crippen LogP contribution is 2.17. The number of rotatable bonds is 7. The molecule has 1 atom stereocenters. The van der Waals surface area contributed by atoms with E-state index in [0.717, 1.165) is 6.41 Å². The van der Waals surface area contributed by atoms with Gasteiger partial charge in [-0.2, -0.15) is 0 Å². The monoisotopic (exact) mass is 171 g/mol. The van der Waals surface area contributed by atoms with Gasteiger partial charge >= 0.3 is 0 Å². The Morgan fingerprint density at radius 1 is 1.25 bits per heavy atom. The summed E-state index contributed by atoms with van der Waals surface area (Å²) in [6.45, 7) is 6.47. The third kappa shape index (κ3) is 4.37. The van der Waals surface area contributed by atoms with Crippen LogP contribution in [-0.2, 0) is 4.79 Å². The van der Waals surface area contributed by atoms with E-state index in [2.05, 4.69) is 26.1 Å². The molecule has 0 aromatic rings. The maximum absolute atomic E-state index is 10.2. The first kappa shape index (κ1) is 11.5. The fraction of sp³-hybridized carbons (Fsp3) is 0.900. The lowest BCUT2D eigenvalue weighted by Gasteiger charge is -2.22. The first-order valence-corrected chi connectivity index (χ1v) is 4.95. The van der Waals surface area contributed by atoms with Crippen molar-refractivity contribution in [2.45, 2.75) is 52.5 Å². The van der Waals surface area contributed by atoms with Crippen molar-refractivity contribution in [2.24, 2.45) is 5.92 Å². The fourth-order valence-electron chi connectivity index (χ4n) is 1.63. The molecule has 0 aromatic carbocycles. The van der Waals surface area contributed by atoms with E-state index in [1.54, 1.807) is 0 Å². The summed E-state index contributed by atoms with van der Waals surface area (Å²) in [5.41, 5.74) is 0. The Balaban J connectivity index is 3.80. The molecule has 0 aromatic heterocycles. The summed E-state index contributed by atoms with van der Waals surface area (Å²) in [6.07, 6.45) is 5.65. The van der Waals surface area contributed by atoms with Crippen molar-refractivity contribution >= 4 is 6.41 Å². The van der Waals surface area contributed by atoms with Crippen molar-refractivity contribution in [2.75, 3.05) is 0 Å². The maximum atomic E-state index is 10.2. The van der Waals surface area contributed by atoms with Crippen molar-refractivity contribution in [3.8, 4) is 0 Å². The Labute approximate surface area is 75.7 Å². The topological polar surface area (TPSA) is 29.1 Å². The second-order valence-electron chi connectivity index (χ2n) is 3.41. The lowest BCUT2D eigenvalue weighted by molar-refractivity contribution is -0.110. The van der Waals surface area contributed by atoms with Gasteiger partial charge in [0.1, 0.15) is 0 Å². The summed E-state index contributed by atoms with van der Waals surface area (Å²) < 4.78 is 0. The van der Waals surface area contributed by atoms with Gasteiger partial charge in [-0.3, -0.25) is 4.79 Å². The third-order valence-electron chi connectivity index (χ3n) is 2.36. The van der Waals surface area contributed by atoms with Gasteiger partial charge in [-0.15, -0.1) is 0 Å². The molecule has 0 fully saturated rings. The van der Waals surface area contributed by atoms with Gasteiger partial charge in [0.05, 0.1) is 0 Å². The number of carbonyl (C=O) groups excluding carboxylic acids is 1. The zero-order valence-corrected chi connectivity index (χ0v) is 8.47. The highest BCUT2D eigenvalue weighted by atomic mass is 16.1. The van der Waals surface area contributed by atoms with Crippen LogP contribution in [0.15, 0.2) is 0 Å². The van der Waals surface area contributed by atoms with Gasteiger partial charge in [0.2, 0.25) is 6.41 Å². The van der Waals surface area contributed by atoms with Crippen molar-refractivity contribution in [3.63, 3.8) is 0 Å². The van der Waals surface area contributed by atoms with Gasteiger partial charge in [0.25, 0.3) is 0 Å². The highest BCUT2D eigenvalue weighted by Gasteiger charge is 2.13. The summed E-state index contributed by atoms with van der Waals surface area (Å²) >= 11 is 0. The van der Waals surface area contributed by atoms with Gasteiger partial charge in [-0.1, -0.05) is 26.7 Å². The lowest BCUT2D eigenvalue weighted by Crippen LogP contribution is -2.32. The second-order valence-corrected chi connectivity index (χ2v) is 3.41. The van der Waals surface area contributed by atoms with Crippen LogP contribution in [0, 0.1) is 5.92 Å². The first-order chi connectivity index (χ1) is 5.76. The van der Waals surface area contributed by atoms with Crippen LogP contribution in [-0.4, -0.2) is 12.5 Å². The predicted octanol–water partition coefficient (Wildman–Crippen LogP) is 2.34. The Morgan fingerprint density at radius 3 is 2.08 bits per heavy atom. The molecule has 0 saturated carbocycles. The minimum absolute atomic E-state index is 0.336. The largest absolute Gasteiger partial charge is 0.356 e. The van der Waals surface area contributed by atoms with E-state index in [1.165, 1.54) is 25.7 Å². The molecule has 0 aliphatic heterocycles. The van der Waals surface area contributed by atoms with Gasteiger partial charge in [0, 0.05) is 6.04 Å². The van der Waals surface area contributed by atoms with Crippen molar-refractivity contribution < 1.29 is 4.79 Å². The Hall–Kier alpha value is -0.530. The van der Waals surface area contributed by atoms with Crippen LogP contribution >= 0.6 is 0 Å². The molecule has 1 amide bonds. The van der Waals surface area contributed by atoms with Gasteiger partial charge in [0.15, 0.2) is 0 Å². The average molecular weight is 171 g/mol. The number of carbonyl (C=O) groups is 1. The van der Waals surface area contributed by atoms with E-state index >= 15 is 0 Å². The molecule has 0 aliphatic rings. The zero-order chi connectivity index (χ0) is 9.40. The summed E-state index contributed by atoms with van der Waals surface area (Å²) in [7, 11) is 0. The van der Waals surface area contributed by atoms with Crippen LogP contribution in [0.4, 0.5) is 0 Å². The molecular formula is C10H21NO. The first-order valence-electron chi connectivity index (χ1n) is 4.95. The van der Waals surface area contributed by atoms with E-state index in [-0.39, 0.29) is 0 Å². The molecule has 0 heterocycles. The van der Waals surface area contributed by atoms with Crippen LogP contribution in [0.2, 0.25) is 0 Å². The SMILES string of the molecule is CCCC(CCC)C(C)NC=O. The summed E-state index contributed by atoms with van der Waals surface area (Å²) in [6, 6.07) is 0.336. The van der Waals surface area contributed by atoms with E-state index in [0.29, 0.717) is 12.0 Å². The van der Waals surface area contributed by atoms with Gasteiger partial charge < -0.3 is 5.32 Å². The maximum Gasteiger partial charge on any atom is 0.207 e. The summed E-state index contributed by atoms with van der Waals surface area (Å²) in [5.74, 6) is 0.658. The van der Waals surface area contributed by atoms with Crippen LogP contribution < -0.4 is 5.32 Å². The van der Waals surface area contributed by atoms with Crippen LogP contribution in [0.3, 0.4) is 0 Å². The number of hydrogen-bond donors (Lipinski definition) is 1. The minimum Gasteiger partial charge on any atom is -0.356 e. The fourth-order valence-corrected chi connectivity index (χ4v) is 1.63. The minimum atomic E-state index is 0.336. The predicted molar refractivity (Wildman–Crippen MR) is 52.0 cm³/mol. The Morgan fingerprint density at radius 2 is 1.75 bits per heavy atom. The average Bonchev–Trinajstić information content (AvgIpc) is 2.04. The van der Waals surface area contributed by atoms with Crippen LogP contribution in [0.1, 0.15) is 46.5 Å².